The summed E-state index contributed by atoms with van der Waals surface area (Å²) in [6.07, 6.45) is 5.68. The Morgan fingerprint density at radius 3 is 2.61 bits per heavy atom. The third kappa shape index (κ3) is 4.59. The Morgan fingerprint density at radius 2 is 1.94 bits per heavy atom. The number of H-pyrrole nitrogens is 1. The van der Waals surface area contributed by atoms with Crippen molar-refractivity contribution >= 4 is 10.0 Å². The minimum absolute atomic E-state index is 0.158. The van der Waals surface area contributed by atoms with Gasteiger partial charge in [0.25, 0.3) is 0 Å². The van der Waals surface area contributed by atoms with Crippen molar-refractivity contribution < 1.29 is 13.5 Å². The monoisotopic (exact) mass is 274 g/mol. The molecule has 0 fully saturated rings. The summed E-state index contributed by atoms with van der Waals surface area (Å²) in [6.45, 7) is 0.452. The van der Waals surface area contributed by atoms with Crippen LogP contribution in [0, 0.1) is 0 Å². The molecular formula is C11H18N2O4S. The maximum atomic E-state index is 11.8. The third-order valence-corrected chi connectivity index (χ3v) is 3.94. The van der Waals surface area contributed by atoms with Crippen molar-refractivity contribution in [3.8, 4) is 0 Å². The Bertz CT molecular complexity index is 510. The van der Waals surface area contributed by atoms with Crippen molar-refractivity contribution in [3.63, 3.8) is 0 Å². The molecule has 0 unspecified atom stereocenters. The van der Waals surface area contributed by atoms with Gasteiger partial charge in [-0.15, -0.1) is 0 Å². The van der Waals surface area contributed by atoms with Crippen molar-refractivity contribution in [2.45, 2.75) is 30.6 Å². The van der Waals surface area contributed by atoms with Crippen LogP contribution in [0.5, 0.6) is 0 Å². The summed E-state index contributed by atoms with van der Waals surface area (Å²) in [5.74, 6) is 0. The standard InChI is InChI=1S/C11H18N2O4S/c14-8-4-2-1-3-6-13-18(16,17)11-9-12-7-5-10(11)15/h5,7,9,13-14H,1-4,6,8H2,(H,12,15). The molecule has 0 aromatic carbocycles. The van der Waals surface area contributed by atoms with Crippen molar-refractivity contribution in [2.75, 3.05) is 13.2 Å². The van der Waals surface area contributed by atoms with Crippen molar-refractivity contribution in [3.05, 3.63) is 28.7 Å². The van der Waals surface area contributed by atoms with Gasteiger partial charge in [-0.1, -0.05) is 12.8 Å². The summed E-state index contributed by atoms with van der Waals surface area (Å²) < 4.78 is 25.9. The molecule has 3 N–H and O–H groups in total. The second-order valence-corrected chi connectivity index (χ2v) is 5.64. The van der Waals surface area contributed by atoms with E-state index in [4.69, 9.17) is 5.11 Å². The Labute approximate surface area is 106 Å². The number of aromatic nitrogens is 1. The molecule has 0 bridgehead atoms. The van der Waals surface area contributed by atoms with Crippen LogP contribution in [0.25, 0.3) is 0 Å². The molecule has 0 aliphatic heterocycles. The number of sulfonamides is 1. The van der Waals surface area contributed by atoms with Crippen LogP contribution in [0.4, 0.5) is 0 Å². The summed E-state index contributed by atoms with van der Waals surface area (Å²) in [6, 6.07) is 1.18. The molecule has 0 radical (unpaired) electrons. The van der Waals surface area contributed by atoms with Gasteiger partial charge in [0.2, 0.25) is 15.5 Å². The number of aromatic amines is 1. The maximum Gasteiger partial charge on any atom is 0.245 e. The van der Waals surface area contributed by atoms with Crippen LogP contribution in [-0.4, -0.2) is 31.7 Å². The fourth-order valence-electron chi connectivity index (χ4n) is 1.49. The SMILES string of the molecule is O=c1cc[nH]cc1S(=O)(=O)NCCCCCCO. The van der Waals surface area contributed by atoms with Crippen LogP contribution in [0.2, 0.25) is 0 Å². The number of aliphatic hydroxyl groups is 1. The summed E-state index contributed by atoms with van der Waals surface area (Å²) in [4.78, 5) is 13.7. The third-order valence-electron chi connectivity index (χ3n) is 2.45. The topological polar surface area (TPSA) is 99.3 Å². The molecule has 0 aliphatic carbocycles. The summed E-state index contributed by atoms with van der Waals surface area (Å²) in [5.41, 5.74) is -0.526. The summed E-state index contributed by atoms with van der Waals surface area (Å²) in [5, 5.41) is 8.58. The highest BCUT2D eigenvalue weighted by atomic mass is 32.2. The molecule has 0 saturated heterocycles. The minimum atomic E-state index is -3.73. The molecule has 0 atom stereocenters. The zero-order valence-electron chi connectivity index (χ0n) is 10.1. The van der Waals surface area contributed by atoms with E-state index >= 15 is 0 Å². The molecule has 6 nitrogen and oxygen atoms in total. The first-order valence-electron chi connectivity index (χ1n) is 5.85. The molecule has 0 aliphatic rings. The predicted molar refractivity (Wildman–Crippen MR) is 67.8 cm³/mol. The van der Waals surface area contributed by atoms with Gasteiger partial charge >= 0.3 is 0 Å². The number of nitrogens with one attached hydrogen (secondary N) is 2. The van der Waals surface area contributed by atoms with E-state index in [9.17, 15) is 13.2 Å². The first kappa shape index (κ1) is 14.9. The lowest BCUT2D eigenvalue weighted by molar-refractivity contribution is 0.282. The van der Waals surface area contributed by atoms with E-state index in [1.165, 1.54) is 18.5 Å². The van der Waals surface area contributed by atoms with E-state index in [-0.39, 0.29) is 11.5 Å². The lowest BCUT2D eigenvalue weighted by atomic mass is 10.2. The van der Waals surface area contributed by atoms with Crippen LogP contribution in [-0.2, 0) is 10.0 Å². The van der Waals surface area contributed by atoms with Gasteiger partial charge in [0, 0.05) is 31.6 Å². The van der Waals surface area contributed by atoms with E-state index in [1.54, 1.807) is 0 Å². The van der Waals surface area contributed by atoms with E-state index < -0.39 is 15.5 Å². The van der Waals surface area contributed by atoms with Gasteiger partial charge in [-0.25, -0.2) is 13.1 Å². The quantitative estimate of drug-likeness (QED) is 0.590. The van der Waals surface area contributed by atoms with Crippen molar-refractivity contribution in [1.82, 2.24) is 9.71 Å². The van der Waals surface area contributed by atoms with E-state index in [1.807, 2.05) is 0 Å². The van der Waals surface area contributed by atoms with Gasteiger partial charge in [-0.3, -0.25) is 4.79 Å². The molecule has 102 valence electrons. The maximum absolute atomic E-state index is 11.8. The highest BCUT2D eigenvalue weighted by Gasteiger charge is 2.16. The van der Waals surface area contributed by atoms with Crippen LogP contribution in [0.1, 0.15) is 25.7 Å². The Hall–Kier alpha value is -1.18. The van der Waals surface area contributed by atoms with Gasteiger partial charge in [0.1, 0.15) is 4.90 Å². The molecule has 0 saturated carbocycles. The molecule has 1 heterocycles. The first-order chi connectivity index (χ1) is 8.58. The lowest BCUT2D eigenvalue weighted by Gasteiger charge is -2.05. The van der Waals surface area contributed by atoms with Gasteiger partial charge in [0.15, 0.2) is 0 Å². The summed E-state index contributed by atoms with van der Waals surface area (Å²) >= 11 is 0. The molecular weight excluding hydrogens is 256 g/mol. The van der Waals surface area contributed by atoms with Crippen LogP contribution in [0.3, 0.4) is 0 Å². The number of pyridine rings is 1. The fraction of sp³-hybridized carbons (Fsp3) is 0.545. The second kappa shape index (κ2) is 7.30. The minimum Gasteiger partial charge on any atom is -0.396 e. The Kier molecular flexibility index (Phi) is 6.03. The fourth-order valence-corrected chi connectivity index (χ4v) is 2.61. The highest BCUT2D eigenvalue weighted by molar-refractivity contribution is 7.89. The highest BCUT2D eigenvalue weighted by Crippen LogP contribution is 2.02. The number of hydrogen-bond acceptors (Lipinski definition) is 4. The van der Waals surface area contributed by atoms with E-state index in [0.29, 0.717) is 13.0 Å². The van der Waals surface area contributed by atoms with E-state index in [0.717, 1.165) is 19.3 Å². The molecule has 7 heteroatoms. The van der Waals surface area contributed by atoms with Crippen molar-refractivity contribution in [1.29, 1.82) is 0 Å². The van der Waals surface area contributed by atoms with Gasteiger partial charge in [-0.05, 0) is 12.8 Å². The number of aliphatic hydroxyl groups excluding tert-OH is 1. The zero-order chi connectivity index (χ0) is 13.4. The second-order valence-electron chi connectivity index (χ2n) is 3.91. The molecule has 0 amide bonds. The average Bonchev–Trinajstić information content (AvgIpc) is 2.34. The van der Waals surface area contributed by atoms with E-state index in [2.05, 4.69) is 9.71 Å². The number of hydrogen-bond donors (Lipinski definition) is 3. The molecule has 1 aromatic rings. The van der Waals surface area contributed by atoms with Gasteiger partial charge in [-0.2, -0.15) is 0 Å². The molecule has 0 spiro atoms. The smallest absolute Gasteiger partial charge is 0.245 e. The lowest BCUT2D eigenvalue weighted by Crippen LogP contribution is -2.29. The predicted octanol–water partition coefficient (Wildman–Crippen LogP) is 0.206. The number of rotatable bonds is 8. The van der Waals surface area contributed by atoms with Crippen molar-refractivity contribution in [2.24, 2.45) is 0 Å². The summed E-state index contributed by atoms with van der Waals surface area (Å²) in [7, 11) is -3.73. The Morgan fingerprint density at radius 1 is 1.22 bits per heavy atom. The van der Waals surface area contributed by atoms with Crippen LogP contribution in [0.15, 0.2) is 28.2 Å². The van der Waals surface area contributed by atoms with Crippen LogP contribution >= 0.6 is 0 Å². The Balaban J connectivity index is 2.46. The number of unbranched alkanes of at least 4 members (excludes halogenated alkanes) is 3. The average molecular weight is 274 g/mol. The first-order valence-corrected chi connectivity index (χ1v) is 7.34. The molecule has 1 aromatic heterocycles. The largest absolute Gasteiger partial charge is 0.396 e. The zero-order valence-corrected chi connectivity index (χ0v) is 10.9. The normalized spacial score (nSPS) is 11.6. The van der Waals surface area contributed by atoms with Gasteiger partial charge < -0.3 is 10.1 Å². The molecule has 1 rings (SSSR count). The van der Waals surface area contributed by atoms with Crippen LogP contribution < -0.4 is 10.2 Å². The van der Waals surface area contributed by atoms with Gasteiger partial charge in [0.05, 0.1) is 0 Å². The molecule has 18 heavy (non-hydrogen) atoms.